The van der Waals surface area contributed by atoms with Crippen LogP contribution in [0.25, 0.3) is 0 Å². The van der Waals surface area contributed by atoms with Gasteiger partial charge in [0.05, 0.1) is 10.5 Å². The summed E-state index contributed by atoms with van der Waals surface area (Å²) in [5, 5.41) is 11.5. The van der Waals surface area contributed by atoms with E-state index in [1.807, 2.05) is 12.3 Å². The molecule has 0 spiro atoms. The Morgan fingerprint density at radius 1 is 1.56 bits per heavy atom. The molecule has 1 amide bonds. The van der Waals surface area contributed by atoms with Crippen molar-refractivity contribution >= 4 is 39.0 Å². The van der Waals surface area contributed by atoms with Crippen LogP contribution in [0, 0.1) is 0 Å². The third kappa shape index (κ3) is 3.55. The first kappa shape index (κ1) is 18.2. The molecule has 25 heavy (non-hydrogen) atoms. The number of hydrogen-bond acceptors (Lipinski definition) is 4. The van der Waals surface area contributed by atoms with Crippen LogP contribution >= 0.6 is 27.3 Å². The van der Waals surface area contributed by atoms with Crippen LogP contribution in [0.5, 0.6) is 0 Å². The Kier molecular flexibility index (Phi) is 5.10. The van der Waals surface area contributed by atoms with Crippen molar-refractivity contribution in [2.24, 2.45) is 0 Å². The van der Waals surface area contributed by atoms with Crippen LogP contribution in [0.1, 0.15) is 47.2 Å². The van der Waals surface area contributed by atoms with E-state index in [1.165, 1.54) is 11.3 Å². The lowest BCUT2D eigenvalue weighted by atomic mass is 10.0. The lowest BCUT2D eigenvalue weighted by molar-refractivity contribution is -0.173. The van der Waals surface area contributed by atoms with Crippen molar-refractivity contribution in [3.63, 3.8) is 0 Å². The quantitative estimate of drug-likeness (QED) is 0.741. The normalized spacial score (nSPS) is 20.0. The Morgan fingerprint density at radius 2 is 2.32 bits per heavy atom. The molecule has 3 rings (SSSR count). The number of amides is 1. The average molecular weight is 437 g/mol. The maximum atomic E-state index is 13.6. The second kappa shape index (κ2) is 6.99. The number of fused-ring (bicyclic) bond motifs is 1. The number of anilines is 1. The molecule has 136 valence electrons. The summed E-state index contributed by atoms with van der Waals surface area (Å²) in [5.41, 5.74) is -0.0444. The molecule has 2 atom stereocenters. The summed E-state index contributed by atoms with van der Waals surface area (Å²) in [7, 11) is 0. The van der Waals surface area contributed by atoms with Crippen LogP contribution in [0.3, 0.4) is 0 Å². The Balaban J connectivity index is 2.00. The molecule has 10 heteroatoms. The number of aromatic nitrogens is 2. The Morgan fingerprint density at radius 3 is 2.92 bits per heavy atom. The zero-order valence-corrected chi connectivity index (χ0v) is 15.6. The molecule has 0 radical (unpaired) electrons. The lowest BCUT2D eigenvalue weighted by Crippen LogP contribution is -2.35. The molecule has 2 N–H and O–H groups in total. The van der Waals surface area contributed by atoms with E-state index in [9.17, 15) is 18.0 Å². The van der Waals surface area contributed by atoms with Gasteiger partial charge in [-0.1, -0.05) is 13.0 Å². The molecule has 0 saturated heterocycles. The Labute approximate surface area is 154 Å². The van der Waals surface area contributed by atoms with Gasteiger partial charge in [0.2, 0.25) is 0 Å². The van der Waals surface area contributed by atoms with Crippen molar-refractivity contribution < 1.29 is 18.0 Å². The third-order valence-electron chi connectivity index (χ3n) is 3.93. The molecule has 0 bridgehead atoms. The molecule has 1 aliphatic heterocycles. The van der Waals surface area contributed by atoms with Crippen molar-refractivity contribution in [2.45, 2.75) is 38.0 Å². The zero-order chi connectivity index (χ0) is 18.2. The van der Waals surface area contributed by atoms with Gasteiger partial charge < -0.3 is 10.6 Å². The number of nitrogens with one attached hydrogen (secondary N) is 2. The molecule has 2 unspecified atom stereocenters. The summed E-state index contributed by atoms with van der Waals surface area (Å²) >= 11 is 4.64. The fourth-order valence-electron chi connectivity index (χ4n) is 2.73. The Bertz CT molecular complexity index is 760. The summed E-state index contributed by atoms with van der Waals surface area (Å²) in [6.45, 7) is 2.32. The van der Waals surface area contributed by atoms with Crippen LogP contribution in [-0.2, 0) is 0 Å². The van der Waals surface area contributed by atoms with Crippen molar-refractivity contribution in [1.82, 2.24) is 15.1 Å². The smallest absolute Gasteiger partial charge is 0.362 e. The maximum absolute atomic E-state index is 13.6. The molecular formula is C15H16BrF3N4OS. The van der Waals surface area contributed by atoms with Gasteiger partial charge in [-0.25, -0.2) is 4.68 Å². The van der Waals surface area contributed by atoms with E-state index in [-0.39, 0.29) is 22.4 Å². The SMILES string of the molecule is CCCNC(=O)c1nn2c(c1Br)NC(c1cccs1)CC2C(F)(F)F. The molecule has 0 fully saturated rings. The van der Waals surface area contributed by atoms with Crippen molar-refractivity contribution in [1.29, 1.82) is 0 Å². The Hall–Kier alpha value is -1.55. The van der Waals surface area contributed by atoms with Gasteiger partial charge in [0.25, 0.3) is 5.91 Å². The largest absolute Gasteiger partial charge is 0.410 e. The second-order valence-electron chi connectivity index (χ2n) is 5.72. The number of carbonyl (C=O) groups is 1. The van der Waals surface area contributed by atoms with Crippen LogP contribution in [0.15, 0.2) is 22.0 Å². The number of alkyl halides is 3. The molecule has 2 aromatic heterocycles. The second-order valence-corrected chi connectivity index (χ2v) is 7.49. The minimum Gasteiger partial charge on any atom is -0.362 e. The highest BCUT2D eigenvalue weighted by atomic mass is 79.9. The average Bonchev–Trinajstić information content (AvgIpc) is 3.19. The third-order valence-corrected chi connectivity index (χ3v) is 5.67. The topological polar surface area (TPSA) is 59.0 Å². The number of thiophene rings is 1. The fraction of sp³-hybridized carbons (Fsp3) is 0.467. The fourth-order valence-corrected chi connectivity index (χ4v) is 4.08. The van der Waals surface area contributed by atoms with Gasteiger partial charge in [-0.05, 0) is 33.8 Å². The first-order valence-electron chi connectivity index (χ1n) is 7.75. The molecule has 2 aromatic rings. The minimum absolute atomic E-state index is 0.0444. The van der Waals surface area contributed by atoms with E-state index in [2.05, 4.69) is 31.7 Å². The summed E-state index contributed by atoms with van der Waals surface area (Å²) < 4.78 is 41.9. The van der Waals surface area contributed by atoms with E-state index in [0.29, 0.717) is 6.54 Å². The molecule has 0 aliphatic carbocycles. The van der Waals surface area contributed by atoms with Crippen LogP contribution in [-0.4, -0.2) is 28.4 Å². The van der Waals surface area contributed by atoms with Gasteiger partial charge in [0, 0.05) is 17.8 Å². The number of carbonyl (C=O) groups excluding carboxylic acids is 1. The van der Waals surface area contributed by atoms with Crippen LogP contribution < -0.4 is 10.6 Å². The minimum atomic E-state index is -4.46. The first-order valence-corrected chi connectivity index (χ1v) is 9.43. The van der Waals surface area contributed by atoms with E-state index in [0.717, 1.165) is 16.0 Å². The number of rotatable bonds is 4. The number of nitrogens with zero attached hydrogens (tertiary/aromatic N) is 2. The van der Waals surface area contributed by atoms with Crippen molar-refractivity contribution in [2.75, 3.05) is 11.9 Å². The highest BCUT2D eigenvalue weighted by molar-refractivity contribution is 9.10. The molecule has 3 heterocycles. The summed E-state index contributed by atoms with van der Waals surface area (Å²) in [6, 6.07) is 1.32. The van der Waals surface area contributed by atoms with Crippen molar-refractivity contribution in [3.05, 3.63) is 32.6 Å². The zero-order valence-electron chi connectivity index (χ0n) is 13.2. The number of hydrogen-bond donors (Lipinski definition) is 2. The molecule has 0 saturated carbocycles. The van der Waals surface area contributed by atoms with Gasteiger partial charge in [-0.15, -0.1) is 11.3 Å². The van der Waals surface area contributed by atoms with Gasteiger partial charge in [0.1, 0.15) is 5.82 Å². The van der Waals surface area contributed by atoms with Crippen molar-refractivity contribution in [3.8, 4) is 0 Å². The standard InChI is InChI=1S/C15H16BrF3N4OS/c1-2-5-20-14(24)12-11(16)13-21-8(9-4-3-6-25-9)7-10(15(17,18)19)23(13)22-12/h3-4,6,8,10,21H,2,5,7H2,1H3,(H,20,24). The van der Waals surface area contributed by atoms with Gasteiger partial charge in [0.15, 0.2) is 11.7 Å². The summed E-state index contributed by atoms with van der Waals surface area (Å²) in [4.78, 5) is 13.0. The van der Waals surface area contributed by atoms with Crippen LogP contribution in [0.2, 0.25) is 0 Å². The molecular weight excluding hydrogens is 421 g/mol. The predicted molar refractivity (Wildman–Crippen MR) is 92.9 cm³/mol. The molecule has 1 aliphatic rings. The molecule has 5 nitrogen and oxygen atoms in total. The lowest BCUT2D eigenvalue weighted by Gasteiger charge is -2.33. The molecule has 0 aromatic carbocycles. The first-order chi connectivity index (χ1) is 11.8. The predicted octanol–water partition coefficient (Wildman–Crippen LogP) is 4.51. The van der Waals surface area contributed by atoms with E-state index in [4.69, 9.17) is 0 Å². The van der Waals surface area contributed by atoms with E-state index >= 15 is 0 Å². The maximum Gasteiger partial charge on any atom is 0.410 e. The monoisotopic (exact) mass is 436 g/mol. The van der Waals surface area contributed by atoms with Gasteiger partial charge >= 0.3 is 6.18 Å². The highest BCUT2D eigenvalue weighted by Crippen LogP contribution is 2.46. The van der Waals surface area contributed by atoms with Gasteiger partial charge in [-0.2, -0.15) is 18.3 Å². The van der Waals surface area contributed by atoms with Gasteiger partial charge in [-0.3, -0.25) is 4.79 Å². The summed E-state index contributed by atoms with van der Waals surface area (Å²) in [5.74, 6) is -0.320. The van der Waals surface area contributed by atoms with Crippen LogP contribution in [0.4, 0.5) is 19.0 Å². The van der Waals surface area contributed by atoms with E-state index in [1.54, 1.807) is 12.1 Å². The summed E-state index contributed by atoms with van der Waals surface area (Å²) in [6.07, 6.45) is -3.92. The highest BCUT2D eigenvalue weighted by Gasteiger charge is 2.47. The number of halogens is 4. The van der Waals surface area contributed by atoms with E-state index < -0.39 is 24.2 Å².